The van der Waals surface area contributed by atoms with Gasteiger partial charge in [0, 0.05) is 25.4 Å². The highest BCUT2D eigenvalue weighted by molar-refractivity contribution is 5.87. The smallest absolute Gasteiger partial charge is 0.222 e. The molecule has 0 radical (unpaired) electrons. The molecule has 0 bridgehead atoms. The fourth-order valence-corrected chi connectivity index (χ4v) is 1.40. The molecule has 6 heteroatoms. The Morgan fingerprint density at radius 2 is 2.35 bits per heavy atom. The van der Waals surface area contributed by atoms with E-state index in [0.717, 1.165) is 0 Å². The molecular weight excluding hydrogens is 220 g/mol. The average molecular weight is 232 g/mol. The molecule has 88 valence electrons. The Morgan fingerprint density at radius 1 is 1.53 bits per heavy atom. The van der Waals surface area contributed by atoms with Gasteiger partial charge >= 0.3 is 0 Å². The summed E-state index contributed by atoms with van der Waals surface area (Å²) in [6.07, 6.45) is 3.31. The molecule has 0 fully saturated rings. The molecule has 6 nitrogen and oxygen atoms in total. The average Bonchev–Trinajstić information content (AvgIpc) is 2.68. The standard InChI is InChI=1S/C11H12N4O2/c1-8(16)13-11-4-6-15(14-11)7-9-10(17)3-2-5-12-9/h2-6,17H,7H2,1H3,(H,13,14,16). The van der Waals surface area contributed by atoms with Crippen molar-refractivity contribution in [2.75, 3.05) is 5.32 Å². The normalized spacial score (nSPS) is 10.2. The molecule has 0 aliphatic rings. The highest BCUT2D eigenvalue weighted by atomic mass is 16.3. The van der Waals surface area contributed by atoms with E-state index in [1.165, 1.54) is 6.92 Å². The van der Waals surface area contributed by atoms with Crippen molar-refractivity contribution in [3.8, 4) is 5.75 Å². The summed E-state index contributed by atoms with van der Waals surface area (Å²) in [5, 5.41) is 16.2. The van der Waals surface area contributed by atoms with Gasteiger partial charge in [-0.2, -0.15) is 5.10 Å². The molecule has 2 rings (SSSR count). The second kappa shape index (κ2) is 4.65. The molecule has 2 heterocycles. The maximum absolute atomic E-state index is 10.8. The minimum Gasteiger partial charge on any atom is -0.506 e. The molecule has 0 aliphatic heterocycles. The van der Waals surface area contributed by atoms with Gasteiger partial charge in [0.2, 0.25) is 5.91 Å². The molecule has 17 heavy (non-hydrogen) atoms. The summed E-state index contributed by atoms with van der Waals surface area (Å²) in [4.78, 5) is 14.9. The quantitative estimate of drug-likeness (QED) is 0.827. The van der Waals surface area contributed by atoms with Crippen LogP contribution >= 0.6 is 0 Å². The minimum absolute atomic E-state index is 0.129. The van der Waals surface area contributed by atoms with E-state index < -0.39 is 0 Å². The van der Waals surface area contributed by atoms with E-state index in [9.17, 15) is 9.90 Å². The maximum atomic E-state index is 10.8. The topological polar surface area (TPSA) is 80.0 Å². The number of hydrogen-bond acceptors (Lipinski definition) is 4. The van der Waals surface area contributed by atoms with Crippen LogP contribution in [0.4, 0.5) is 5.82 Å². The Morgan fingerprint density at radius 3 is 3.06 bits per heavy atom. The van der Waals surface area contributed by atoms with E-state index >= 15 is 0 Å². The summed E-state index contributed by atoms with van der Waals surface area (Å²) in [5.74, 6) is 0.438. The first kappa shape index (κ1) is 11.1. The number of aromatic nitrogens is 3. The molecule has 0 spiro atoms. The third-order valence-electron chi connectivity index (χ3n) is 2.12. The first-order valence-electron chi connectivity index (χ1n) is 5.09. The number of carbonyl (C=O) groups is 1. The zero-order valence-corrected chi connectivity index (χ0v) is 9.29. The van der Waals surface area contributed by atoms with Gasteiger partial charge in [-0.05, 0) is 12.1 Å². The summed E-state index contributed by atoms with van der Waals surface area (Å²) in [6, 6.07) is 4.91. The Hall–Kier alpha value is -2.37. The summed E-state index contributed by atoms with van der Waals surface area (Å²) < 4.78 is 1.59. The maximum Gasteiger partial charge on any atom is 0.222 e. The molecule has 0 atom stereocenters. The van der Waals surface area contributed by atoms with Crippen molar-refractivity contribution in [3.63, 3.8) is 0 Å². The van der Waals surface area contributed by atoms with Gasteiger partial charge in [-0.15, -0.1) is 0 Å². The van der Waals surface area contributed by atoms with Crippen LogP contribution in [0.5, 0.6) is 5.75 Å². The fourth-order valence-electron chi connectivity index (χ4n) is 1.40. The highest BCUT2D eigenvalue weighted by Crippen LogP contribution is 2.14. The lowest BCUT2D eigenvalue weighted by Crippen LogP contribution is -2.08. The van der Waals surface area contributed by atoms with Crippen molar-refractivity contribution in [3.05, 3.63) is 36.3 Å². The van der Waals surface area contributed by atoms with Crippen LogP contribution in [0.15, 0.2) is 30.6 Å². The van der Waals surface area contributed by atoms with Gasteiger partial charge in [0.1, 0.15) is 11.4 Å². The number of hydrogen-bond donors (Lipinski definition) is 2. The number of carbonyl (C=O) groups excluding carboxylic acids is 1. The third-order valence-corrected chi connectivity index (χ3v) is 2.12. The second-order valence-corrected chi connectivity index (χ2v) is 3.55. The molecule has 0 saturated heterocycles. The highest BCUT2D eigenvalue weighted by Gasteiger charge is 2.05. The molecule has 0 saturated carbocycles. The Bertz CT molecular complexity index is 536. The number of nitrogens with zero attached hydrogens (tertiary/aromatic N) is 3. The van der Waals surface area contributed by atoms with E-state index in [-0.39, 0.29) is 11.7 Å². The van der Waals surface area contributed by atoms with Gasteiger partial charge < -0.3 is 10.4 Å². The number of rotatable bonds is 3. The number of aromatic hydroxyl groups is 1. The van der Waals surface area contributed by atoms with E-state index in [1.54, 1.807) is 35.3 Å². The fraction of sp³-hybridized carbons (Fsp3) is 0.182. The number of nitrogens with one attached hydrogen (secondary N) is 1. The largest absolute Gasteiger partial charge is 0.506 e. The van der Waals surface area contributed by atoms with Crippen LogP contribution in [0.1, 0.15) is 12.6 Å². The van der Waals surface area contributed by atoms with Crippen LogP contribution < -0.4 is 5.32 Å². The molecule has 2 aromatic rings. The van der Waals surface area contributed by atoms with Gasteiger partial charge in [0.25, 0.3) is 0 Å². The van der Waals surface area contributed by atoms with Crippen LogP contribution in [-0.2, 0) is 11.3 Å². The first-order valence-corrected chi connectivity index (χ1v) is 5.09. The van der Waals surface area contributed by atoms with E-state index in [2.05, 4.69) is 15.4 Å². The van der Waals surface area contributed by atoms with Gasteiger partial charge in [0.15, 0.2) is 5.82 Å². The third kappa shape index (κ3) is 2.81. The summed E-state index contributed by atoms with van der Waals surface area (Å²) in [6.45, 7) is 1.77. The van der Waals surface area contributed by atoms with Crippen molar-refractivity contribution in [1.29, 1.82) is 0 Å². The van der Waals surface area contributed by atoms with Crippen molar-refractivity contribution in [2.45, 2.75) is 13.5 Å². The van der Waals surface area contributed by atoms with Crippen molar-refractivity contribution >= 4 is 11.7 Å². The summed E-state index contributed by atoms with van der Waals surface area (Å²) in [7, 11) is 0. The van der Waals surface area contributed by atoms with Crippen LogP contribution in [0.3, 0.4) is 0 Å². The number of amides is 1. The predicted molar refractivity (Wildman–Crippen MR) is 61.5 cm³/mol. The SMILES string of the molecule is CC(=O)Nc1ccn(Cc2ncccc2O)n1. The van der Waals surface area contributed by atoms with E-state index in [0.29, 0.717) is 18.1 Å². The molecule has 2 aromatic heterocycles. The lowest BCUT2D eigenvalue weighted by Gasteiger charge is -2.03. The van der Waals surface area contributed by atoms with Crippen molar-refractivity contribution in [1.82, 2.24) is 14.8 Å². The first-order chi connectivity index (χ1) is 8.15. The van der Waals surface area contributed by atoms with Crippen molar-refractivity contribution < 1.29 is 9.90 Å². The van der Waals surface area contributed by atoms with Gasteiger partial charge in [-0.1, -0.05) is 0 Å². The van der Waals surface area contributed by atoms with Gasteiger partial charge in [0.05, 0.1) is 6.54 Å². The predicted octanol–water partition coefficient (Wildman–Crippen LogP) is 0.990. The minimum atomic E-state index is -0.170. The lowest BCUT2D eigenvalue weighted by atomic mass is 10.3. The van der Waals surface area contributed by atoms with Crippen molar-refractivity contribution in [2.24, 2.45) is 0 Å². The van der Waals surface area contributed by atoms with Crippen LogP contribution in [0, 0.1) is 0 Å². The zero-order valence-electron chi connectivity index (χ0n) is 9.29. The van der Waals surface area contributed by atoms with Crippen LogP contribution in [0.2, 0.25) is 0 Å². The second-order valence-electron chi connectivity index (χ2n) is 3.55. The molecule has 2 N–H and O–H groups in total. The van der Waals surface area contributed by atoms with Crippen LogP contribution in [-0.4, -0.2) is 25.8 Å². The van der Waals surface area contributed by atoms with E-state index in [1.807, 2.05) is 0 Å². The van der Waals surface area contributed by atoms with E-state index in [4.69, 9.17) is 0 Å². The monoisotopic (exact) mass is 232 g/mol. The molecular formula is C11H12N4O2. The Kier molecular flexibility index (Phi) is 3.04. The number of anilines is 1. The zero-order chi connectivity index (χ0) is 12.3. The van der Waals surface area contributed by atoms with Crippen LogP contribution in [0.25, 0.3) is 0 Å². The Labute approximate surface area is 97.9 Å². The summed E-state index contributed by atoms with van der Waals surface area (Å²) >= 11 is 0. The van der Waals surface area contributed by atoms with Gasteiger partial charge in [-0.3, -0.25) is 14.5 Å². The molecule has 0 aromatic carbocycles. The number of pyridine rings is 1. The lowest BCUT2D eigenvalue weighted by molar-refractivity contribution is -0.114. The Balaban J connectivity index is 2.12. The molecule has 0 unspecified atom stereocenters. The molecule has 0 aliphatic carbocycles. The van der Waals surface area contributed by atoms with Gasteiger partial charge in [-0.25, -0.2) is 0 Å². The molecule has 1 amide bonds. The summed E-state index contributed by atoms with van der Waals surface area (Å²) in [5.41, 5.74) is 0.532.